The van der Waals surface area contributed by atoms with Gasteiger partial charge in [0.1, 0.15) is 0 Å². The molecule has 0 aromatic carbocycles. The summed E-state index contributed by atoms with van der Waals surface area (Å²) in [6.07, 6.45) is 1.58. The molecule has 0 bridgehead atoms. The van der Waals surface area contributed by atoms with Crippen LogP contribution >= 0.6 is 0 Å². The van der Waals surface area contributed by atoms with E-state index >= 15 is 0 Å². The fraction of sp³-hybridized carbons (Fsp3) is 0.111. The largest absolute Gasteiger partial charge is 0.281 e. The molecule has 6 nitrogen and oxygen atoms in total. The van der Waals surface area contributed by atoms with Crippen LogP contribution in [0.3, 0.4) is 0 Å². The van der Waals surface area contributed by atoms with Crippen molar-refractivity contribution < 1.29 is 8.42 Å². The number of aromatic nitrogens is 3. The van der Waals surface area contributed by atoms with Gasteiger partial charge in [0.25, 0.3) is 10.0 Å². The number of hydrogen-bond acceptors (Lipinski definition) is 4. The highest BCUT2D eigenvalue weighted by Gasteiger charge is 2.21. The molecule has 84 valence electrons. The zero-order valence-corrected chi connectivity index (χ0v) is 9.32. The lowest BCUT2D eigenvalue weighted by atomic mass is 10.2. The number of aromatic amines is 1. The van der Waals surface area contributed by atoms with Crippen molar-refractivity contribution in [1.82, 2.24) is 15.2 Å². The van der Waals surface area contributed by atoms with E-state index in [1.807, 2.05) is 0 Å². The first-order chi connectivity index (χ1) is 7.50. The van der Waals surface area contributed by atoms with Crippen LogP contribution < -0.4 is 5.14 Å². The molecule has 0 atom stereocenters. The normalized spacial score (nSPS) is 11.6. The minimum absolute atomic E-state index is 0.177. The van der Waals surface area contributed by atoms with Gasteiger partial charge in [0, 0.05) is 11.9 Å². The average Bonchev–Trinajstić information content (AvgIpc) is 2.61. The Morgan fingerprint density at radius 2 is 2.12 bits per heavy atom. The van der Waals surface area contributed by atoms with Gasteiger partial charge in [0.15, 0.2) is 0 Å². The van der Waals surface area contributed by atoms with Crippen molar-refractivity contribution in [3.63, 3.8) is 0 Å². The highest BCUT2D eigenvalue weighted by atomic mass is 32.2. The van der Waals surface area contributed by atoms with Gasteiger partial charge in [0.2, 0.25) is 5.03 Å². The maximum Gasteiger partial charge on any atom is 0.258 e. The minimum Gasteiger partial charge on any atom is -0.281 e. The van der Waals surface area contributed by atoms with Crippen LogP contribution in [0.4, 0.5) is 0 Å². The lowest BCUT2D eigenvalue weighted by Gasteiger charge is -2.00. The Kier molecular flexibility index (Phi) is 2.49. The maximum absolute atomic E-state index is 11.3. The third kappa shape index (κ3) is 1.82. The van der Waals surface area contributed by atoms with Crippen molar-refractivity contribution in [2.24, 2.45) is 5.14 Å². The smallest absolute Gasteiger partial charge is 0.258 e. The summed E-state index contributed by atoms with van der Waals surface area (Å²) in [5, 5.41) is 11.2. The van der Waals surface area contributed by atoms with E-state index in [0.717, 1.165) is 0 Å². The molecule has 0 radical (unpaired) electrons. The van der Waals surface area contributed by atoms with Crippen LogP contribution in [0.5, 0.6) is 0 Å². The van der Waals surface area contributed by atoms with Crippen molar-refractivity contribution in [1.29, 1.82) is 0 Å². The molecule has 2 aromatic rings. The topological polar surface area (TPSA) is 102 Å². The quantitative estimate of drug-likeness (QED) is 0.791. The number of nitrogens with one attached hydrogen (secondary N) is 1. The molecular weight excluding hydrogens is 228 g/mol. The predicted octanol–water partition coefficient (Wildman–Crippen LogP) is 0.428. The Morgan fingerprint density at radius 3 is 2.69 bits per heavy atom. The highest BCUT2D eigenvalue weighted by Crippen LogP contribution is 2.25. The van der Waals surface area contributed by atoms with Gasteiger partial charge in [-0.05, 0) is 19.1 Å². The van der Waals surface area contributed by atoms with Gasteiger partial charge in [-0.1, -0.05) is 6.07 Å². The summed E-state index contributed by atoms with van der Waals surface area (Å²) in [6, 6.07) is 5.21. The highest BCUT2D eigenvalue weighted by molar-refractivity contribution is 7.89. The zero-order chi connectivity index (χ0) is 11.8. The SMILES string of the molecule is Cc1[nH]nc(S(N)(=O)=O)c1-c1ccccn1. The van der Waals surface area contributed by atoms with E-state index in [1.165, 1.54) is 0 Å². The second kappa shape index (κ2) is 3.69. The van der Waals surface area contributed by atoms with Gasteiger partial charge >= 0.3 is 0 Å². The van der Waals surface area contributed by atoms with Gasteiger partial charge in [0.05, 0.1) is 11.3 Å². The van der Waals surface area contributed by atoms with Crippen molar-refractivity contribution >= 4 is 10.0 Å². The molecule has 2 aromatic heterocycles. The predicted molar refractivity (Wildman–Crippen MR) is 57.9 cm³/mol. The number of rotatable bonds is 2. The van der Waals surface area contributed by atoms with Crippen molar-refractivity contribution in [2.45, 2.75) is 11.9 Å². The van der Waals surface area contributed by atoms with E-state index in [0.29, 0.717) is 17.0 Å². The molecule has 0 aliphatic rings. The molecular formula is C9H10N4O2S. The van der Waals surface area contributed by atoms with E-state index in [-0.39, 0.29) is 5.03 Å². The second-order valence-corrected chi connectivity index (χ2v) is 4.77. The Hall–Kier alpha value is -1.73. The van der Waals surface area contributed by atoms with Crippen LogP contribution in [0.15, 0.2) is 29.4 Å². The number of nitrogens with two attached hydrogens (primary N) is 1. The summed E-state index contributed by atoms with van der Waals surface area (Å²) in [7, 11) is -3.84. The number of primary sulfonamides is 1. The monoisotopic (exact) mass is 238 g/mol. The summed E-state index contributed by atoms with van der Waals surface area (Å²) in [5.74, 6) is 0. The van der Waals surface area contributed by atoms with Gasteiger partial charge < -0.3 is 0 Å². The Bertz CT molecular complexity index is 604. The molecule has 0 saturated carbocycles. The molecule has 2 heterocycles. The molecule has 16 heavy (non-hydrogen) atoms. The number of pyridine rings is 1. The Balaban J connectivity index is 2.71. The number of aryl methyl sites for hydroxylation is 1. The number of hydrogen-bond donors (Lipinski definition) is 2. The zero-order valence-electron chi connectivity index (χ0n) is 8.51. The molecule has 7 heteroatoms. The Labute approximate surface area is 92.6 Å². The molecule has 2 rings (SSSR count). The maximum atomic E-state index is 11.3. The van der Waals surface area contributed by atoms with Crippen LogP contribution in [0, 0.1) is 6.92 Å². The summed E-state index contributed by atoms with van der Waals surface area (Å²) in [4.78, 5) is 4.08. The summed E-state index contributed by atoms with van der Waals surface area (Å²) < 4.78 is 22.6. The first-order valence-corrected chi connectivity index (χ1v) is 6.04. The van der Waals surface area contributed by atoms with Crippen LogP contribution in [0.1, 0.15) is 5.69 Å². The summed E-state index contributed by atoms with van der Waals surface area (Å²) in [6.45, 7) is 1.71. The lowest BCUT2D eigenvalue weighted by molar-refractivity contribution is 0.594. The fourth-order valence-corrected chi connectivity index (χ4v) is 2.14. The third-order valence-electron chi connectivity index (χ3n) is 2.10. The van der Waals surface area contributed by atoms with E-state index in [2.05, 4.69) is 15.2 Å². The first kappa shape index (κ1) is 10.8. The molecule has 0 aliphatic heterocycles. The molecule has 0 spiro atoms. The van der Waals surface area contributed by atoms with Crippen molar-refractivity contribution in [3.05, 3.63) is 30.1 Å². The second-order valence-electron chi connectivity index (χ2n) is 3.29. The van der Waals surface area contributed by atoms with E-state index in [4.69, 9.17) is 5.14 Å². The van der Waals surface area contributed by atoms with Crippen LogP contribution in [-0.2, 0) is 10.0 Å². The summed E-state index contributed by atoms with van der Waals surface area (Å²) in [5.41, 5.74) is 1.56. The molecule has 0 unspecified atom stereocenters. The van der Waals surface area contributed by atoms with E-state index in [9.17, 15) is 8.42 Å². The van der Waals surface area contributed by atoms with Crippen molar-refractivity contribution in [2.75, 3.05) is 0 Å². The third-order valence-corrected chi connectivity index (χ3v) is 2.94. The Morgan fingerprint density at radius 1 is 1.38 bits per heavy atom. The van der Waals surface area contributed by atoms with Gasteiger partial charge in [-0.3, -0.25) is 10.1 Å². The molecule has 0 fully saturated rings. The fourth-order valence-electron chi connectivity index (χ4n) is 1.43. The van der Waals surface area contributed by atoms with Gasteiger partial charge in [-0.25, -0.2) is 13.6 Å². The van der Waals surface area contributed by atoms with E-state index < -0.39 is 10.0 Å². The molecule has 3 N–H and O–H groups in total. The number of H-pyrrole nitrogens is 1. The lowest BCUT2D eigenvalue weighted by Crippen LogP contribution is -2.14. The average molecular weight is 238 g/mol. The van der Waals surface area contributed by atoms with Gasteiger partial charge in [-0.2, -0.15) is 5.10 Å². The molecule has 0 saturated heterocycles. The van der Waals surface area contributed by atoms with Gasteiger partial charge in [-0.15, -0.1) is 0 Å². The van der Waals surface area contributed by atoms with Crippen LogP contribution in [-0.4, -0.2) is 23.6 Å². The first-order valence-electron chi connectivity index (χ1n) is 4.49. The number of sulfonamides is 1. The number of nitrogens with zero attached hydrogens (tertiary/aromatic N) is 2. The molecule has 0 amide bonds. The van der Waals surface area contributed by atoms with Crippen molar-refractivity contribution in [3.8, 4) is 11.3 Å². The standard InChI is InChI=1S/C9H10N4O2S/c1-6-8(7-4-2-3-5-11-7)9(13-12-6)16(10,14)15/h2-5H,1H3,(H,12,13)(H2,10,14,15). The van der Waals surface area contributed by atoms with E-state index in [1.54, 1.807) is 31.3 Å². The molecule has 0 aliphatic carbocycles. The minimum atomic E-state index is -3.84. The van der Waals surface area contributed by atoms with Crippen LogP contribution in [0.2, 0.25) is 0 Å². The van der Waals surface area contributed by atoms with Crippen LogP contribution in [0.25, 0.3) is 11.3 Å². The summed E-state index contributed by atoms with van der Waals surface area (Å²) >= 11 is 0.